The summed E-state index contributed by atoms with van der Waals surface area (Å²) in [5.41, 5.74) is 6.38. The van der Waals surface area contributed by atoms with Crippen LogP contribution < -0.4 is 21.4 Å². The van der Waals surface area contributed by atoms with E-state index in [1.165, 1.54) is 5.56 Å². The Morgan fingerprint density at radius 1 is 0.900 bits per heavy atom. The molecule has 0 fully saturated rings. The molecule has 1 atom stereocenters. The minimum Gasteiger partial charge on any atom is -0.481 e. The number of aryl methyl sites for hydroxylation is 1. The molecule has 0 aromatic heterocycles. The molecule has 2 rings (SSSR count). The van der Waals surface area contributed by atoms with Crippen LogP contribution in [0.25, 0.3) is 0 Å². The first-order chi connectivity index (χ1) is 19.2. The second-order valence-electron chi connectivity index (χ2n) is 8.48. The van der Waals surface area contributed by atoms with Crippen molar-refractivity contribution in [2.75, 3.05) is 18.5 Å². The lowest BCUT2D eigenvalue weighted by Crippen LogP contribution is -2.46. The second-order valence-corrected chi connectivity index (χ2v) is 8.48. The zero-order chi connectivity index (χ0) is 29.8. The largest absolute Gasteiger partial charge is 0.481 e. The van der Waals surface area contributed by atoms with Gasteiger partial charge in [-0.2, -0.15) is 14.7 Å². The Morgan fingerprint density at radius 2 is 1.50 bits per heavy atom. The summed E-state index contributed by atoms with van der Waals surface area (Å²) >= 11 is 0. The van der Waals surface area contributed by atoms with Gasteiger partial charge in [-0.25, -0.2) is 9.59 Å². The molecule has 2 aromatic carbocycles. The van der Waals surface area contributed by atoms with Crippen molar-refractivity contribution < 1.29 is 39.0 Å². The molecule has 6 N–H and O–H groups in total. The van der Waals surface area contributed by atoms with Gasteiger partial charge in [-0.05, 0) is 62.4 Å². The molecule has 13 nitrogen and oxygen atoms in total. The van der Waals surface area contributed by atoms with Gasteiger partial charge in [0.1, 0.15) is 6.04 Å². The average molecular weight is 556 g/mol. The molecule has 3 amide bonds. The smallest absolute Gasteiger partial charge is 0.373 e. The Bertz CT molecular complexity index is 1160. The van der Waals surface area contributed by atoms with E-state index in [4.69, 9.17) is 19.8 Å². The molecule has 0 aliphatic heterocycles. The van der Waals surface area contributed by atoms with Crippen LogP contribution in [0.15, 0.2) is 53.6 Å². The number of hydrazone groups is 1. The van der Waals surface area contributed by atoms with E-state index < -0.39 is 24.0 Å². The molecule has 214 valence electrons. The number of carbonyl (C=O) groups excluding carboxylic acids is 4. The normalized spacial score (nSPS) is 10.8. The number of benzene rings is 2. The maximum absolute atomic E-state index is 12.3. The maximum Gasteiger partial charge on any atom is 0.373 e. The van der Waals surface area contributed by atoms with Crippen molar-refractivity contribution in [3.63, 3.8) is 0 Å². The Hall–Kier alpha value is -5.03. The SMILES string of the molecule is Cc1ccc(/C=N/Nc2ccc(C(=O)NCCCCCNC(=O)NC(CCC(=O)O)C(=O)O)cc2)cc1.O=C=O. The van der Waals surface area contributed by atoms with Crippen molar-refractivity contribution in [3.05, 3.63) is 65.2 Å². The van der Waals surface area contributed by atoms with Gasteiger partial charge in [-0.3, -0.25) is 15.0 Å². The highest BCUT2D eigenvalue weighted by Gasteiger charge is 2.20. The summed E-state index contributed by atoms with van der Waals surface area (Å²) in [6.07, 6.45) is 3.51. The summed E-state index contributed by atoms with van der Waals surface area (Å²) in [7, 11) is 0. The van der Waals surface area contributed by atoms with E-state index in [0.717, 1.165) is 17.7 Å². The summed E-state index contributed by atoms with van der Waals surface area (Å²) < 4.78 is 0. The van der Waals surface area contributed by atoms with E-state index in [9.17, 15) is 19.2 Å². The van der Waals surface area contributed by atoms with Crippen LogP contribution in [0.4, 0.5) is 10.5 Å². The number of nitrogens with zero attached hydrogens (tertiary/aromatic N) is 1. The third kappa shape index (κ3) is 14.6. The van der Waals surface area contributed by atoms with Crippen molar-refractivity contribution in [1.82, 2.24) is 16.0 Å². The molecular formula is C27H33N5O8. The lowest BCUT2D eigenvalue weighted by molar-refractivity contribution is -0.191. The second kappa shape index (κ2) is 19.1. The molecule has 2 aromatic rings. The third-order valence-electron chi connectivity index (χ3n) is 5.31. The highest BCUT2D eigenvalue weighted by molar-refractivity contribution is 5.94. The van der Waals surface area contributed by atoms with Crippen LogP contribution in [0.5, 0.6) is 0 Å². The Kier molecular flexibility index (Phi) is 15.8. The van der Waals surface area contributed by atoms with Crippen molar-refractivity contribution in [2.24, 2.45) is 5.10 Å². The molecule has 40 heavy (non-hydrogen) atoms. The fourth-order valence-corrected chi connectivity index (χ4v) is 3.20. The first-order valence-corrected chi connectivity index (χ1v) is 12.4. The maximum atomic E-state index is 12.3. The van der Waals surface area contributed by atoms with Gasteiger partial charge in [0, 0.05) is 25.1 Å². The van der Waals surface area contributed by atoms with Crippen LogP contribution in [0, 0.1) is 6.92 Å². The van der Waals surface area contributed by atoms with E-state index in [0.29, 0.717) is 31.5 Å². The van der Waals surface area contributed by atoms with E-state index in [1.54, 1.807) is 30.5 Å². The number of amides is 3. The first kappa shape index (κ1) is 33.0. The number of rotatable bonds is 15. The fourth-order valence-electron chi connectivity index (χ4n) is 3.20. The first-order valence-electron chi connectivity index (χ1n) is 12.4. The standard InChI is InChI=1S/C26H33N5O6.CO2/c1-18-5-7-19(8-6-18)17-29-31-21-11-9-20(10-12-21)24(34)27-15-3-2-4-16-28-26(37)30-22(25(35)36)13-14-23(32)33;2-1-3/h5-12,17,22,31H,2-4,13-16H2,1H3,(H,27,34)(H,32,33)(H,35,36)(H2,28,30,37);/b29-17+;. The van der Waals surface area contributed by atoms with E-state index >= 15 is 0 Å². The van der Waals surface area contributed by atoms with Gasteiger partial charge in [0.25, 0.3) is 5.91 Å². The lowest BCUT2D eigenvalue weighted by atomic mass is 10.1. The molecule has 0 bridgehead atoms. The Morgan fingerprint density at radius 3 is 2.08 bits per heavy atom. The van der Waals surface area contributed by atoms with Crippen LogP contribution in [0.3, 0.4) is 0 Å². The number of hydrogen-bond acceptors (Lipinski definition) is 8. The number of carboxylic acid groups (broad SMARTS) is 2. The highest BCUT2D eigenvalue weighted by atomic mass is 16.4. The van der Waals surface area contributed by atoms with E-state index in [-0.39, 0.29) is 24.9 Å². The van der Waals surface area contributed by atoms with Gasteiger partial charge in [0.05, 0.1) is 11.9 Å². The van der Waals surface area contributed by atoms with Crippen molar-refractivity contribution in [1.29, 1.82) is 0 Å². The van der Waals surface area contributed by atoms with E-state index in [1.807, 2.05) is 31.2 Å². The average Bonchev–Trinajstić information content (AvgIpc) is 2.92. The third-order valence-corrected chi connectivity index (χ3v) is 5.31. The summed E-state index contributed by atoms with van der Waals surface area (Å²) in [5, 5.41) is 29.5. The molecule has 0 spiro atoms. The quantitative estimate of drug-likeness (QED) is 0.108. The number of carbonyl (C=O) groups is 4. The van der Waals surface area contributed by atoms with Crippen molar-refractivity contribution in [2.45, 2.75) is 45.1 Å². The highest BCUT2D eigenvalue weighted by Crippen LogP contribution is 2.10. The molecule has 0 radical (unpaired) electrons. The predicted octanol–water partition coefficient (Wildman–Crippen LogP) is 2.37. The molecule has 1 unspecified atom stereocenters. The molecule has 0 heterocycles. The number of hydrogen-bond donors (Lipinski definition) is 6. The molecule has 0 saturated heterocycles. The molecule has 0 aliphatic rings. The van der Waals surface area contributed by atoms with Crippen LogP contribution in [-0.2, 0) is 19.2 Å². The van der Waals surface area contributed by atoms with Crippen molar-refractivity contribution >= 4 is 41.9 Å². The molecule has 0 saturated carbocycles. The van der Waals surface area contributed by atoms with Crippen molar-refractivity contribution in [3.8, 4) is 0 Å². The summed E-state index contributed by atoms with van der Waals surface area (Å²) in [6, 6.07) is 13.0. The number of unbranched alkanes of at least 4 members (excludes halogenated alkanes) is 2. The van der Waals surface area contributed by atoms with Crippen LogP contribution in [0.1, 0.15) is 53.6 Å². The minimum absolute atomic E-state index is 0.187. The summed E-state index contributed by atoms with van der Waals surface area (Å²) in [6.45, 7) is 2.82. The van der Waals surface area contributed by atoms with Gasteiger partial charge in [0.2, 0.25) is 0 Å². The summed E-state index contributed by atoms with van der Waals surface area (Å²) in [4.78, 5) is 62.0. The molecular weight excluding hydrogens is 522 g/mol. The zero-order valence-electron chi connectivity index (χ0n) is 22.0. The fraction of sp³-hybridized carbons (Fsp3) is 0.333. The van der Waals surface area contributed by atoms with Gasteiger partial charge >= 0.3 is 24.1 Å². The molecule has 13 heteroatoms. The van der Waals surface area contributed by atoms with E-state index in [2.05, 4.69) is 26.5 Å². The Labute approximate surface area is 231 Å². The number of nitrogens with one attached hydrogen (secondary N) is 4. The summed E-state index contributed by atoms with van der Waals surface area (Å²) in [5.74, 6) is -2.60. The van der Waals surface area contributed by atoms with Gasteiger partial charge in [0.15, 0.2) is 0 Å². The topological polar surface area (TPSA) is 203 Å². The monoisotopic (exact) mass is 555 g/mol. The van der Waals surface area contributed by atoms with Crippen LogP contribution in [0.2, 0.25) is 0 Å². The Balaban J connectivity index is 0.00000254. The van der Waals surface area contributed by atoms with Gasteiger partial charge < -0.3 is 26.2 Å². The predicted molar refractivity (Wildman–Crippen MR) is 145 cm³/mol. The van der Waals surface area contributed by atoms with Gasteiger partial charge in [-0.1, -0.05) is 29.8 Å². The minimum atomic E-state index is -1.29. The zero-order valence-corrected chi connectivity index (χ0v) is 22.0. The lowest BCUT2D eigenvalue weighted by Gasteiger charge is -2.14. The van der Waals surface area contributed by atoms with Crippen LogP contribution >= 0.6 is 0 Å². The number of aliphatic carboxylic acids is 2. The van der Waals surface area contributed by atoms with Crippen LogP contribution in [-0.4, -0.2) is 65.6 Å². The number of anilines is 1. The molecule has 0 aliphatic carbocycles. The number of carboxylic acids is 2. The number of urea groups is 1. The van der Waals surface area contributed by atoms with Gasteiger partial charge in [-0.15, -0.1) is 0 Å².